The van der Waals surface area contributed by atoms with Gasteiger partial charge in [-0.3, -0.25) is 0 Å². The van der Waals surface area contributed by atoms with E-state index in [9.17, 15) is 0 Å². The Morgan fingerprint density at radius 3 is 2.41 bits per heavy atom. The van der Waals surface area contributed by atoms with E-state index in [-0.39, 0.29) is 5.41 Å². The van der Waals surface area contributed by atoms with Crippen molar-refractivity contribution in [2.24, 2.45) is 0 Å². The number of likely N-dealkylation sites (N-methyl/N-ethyl adjacent to an activating group) is 1. The summed E-state index contributed by atoms with van der Waals surface area (Å²) < 4.78 is 0. The lowest BCUT2D eigenvalue weighted by atomic mass is 9.86. The molecule has 5 aliphatic rings. The van der Waals surface area contributed by atoms with Gasteiger partial charge in [-0.05, 0) is 75.4 Å². The lowest BCUT2D eigenvalue weighted by molar-refractivity contribution is 0.226. The fourth-order valence-electron chi connectivity index (χ4n) is 5.47. The van der Waals surface area contributed by atoms with Crippen molar-refractivity contribution in [3.8, 4) is 11.4 Å². The zero-order chi connectivity index (χ0) is 19.5. The molecule has 29 heavy (non-hydrogen) atoms. The molecule has 1 N–H and O–H groups in total. The number of nitrogens with zero attached hydrogens (tertiary/aromatic N) is 4. The molecular weight excluding hydrogens is 358 g/mol. The van der Waals surface area contributed by atoms with Crippen LogP contribution in [0, 0.1) is 0 Å². The molecule has 2 aromatic rings. The van der Waals surface area contributed by atoms with Gasteiger partial charge in [-0.25, -0.2) is 4.98 Å². The SMILES string of the molecule is CCN1CCCC(Nc2nc3nc(n2)C2(CCC4(CC4)c4ccc-3cc4)CC2)C1. The summed E-state index contributed by atoms with van der Waals surface area (Å²) in [5, 5.41) is 3.68. The smallest absolute Gasteiger partial charge is 0.226 e. The number of anilines is 1. The van der Waals surface area contributed by atoms with Crippen molar-refractivity contribution in [3.05, 3.63) is 35.7 Å². The summed E-state index contributed by atoms with van der Waals surface area (Å²) in [5.74, 6) is 2.66. The predicted octanol–water partition coefficient (Wildman–Crippen LogP) is 4.29. The first kappa shape index (κ1) is 17.8. The van der Waals surface area contributed by atoms with Crippen molar-refractivity contribution in [2.75, 3.05) is 25.0 Å². The number of benzene rings is 1. The average Bonchev–Trinajstić information content (AvgIpc) is 3.68. The topological polar surface area (TPSA) is 53.9 Å². The normalized spacial score (nSPS) is 26.3. The predicted molar refractivity (Wildman–Crippen MR) is 115 cm³/mol. The van der Waals surface area contributed by atoms with Gasteiger partial charge in [0, 0.05) is 23.6 Å². The molecule has 1 saturated heterocycles. The molecule has 4 bridgehead atoms. The van der Waals surface area contributed by atoms with Gasteiger partial charge in [0.15, 0.2) is 5.82 Å². The van der Waals surface area contributed by atoms with E-state index in [2.05, 4.69) is 41.4 Å². The first-order chi connectivity index (χ1) is 14.2. The van der Waals surface area contributed by atoms with E-state index in [0.717, 1.165) is 36.3 Å². The number of likely N-dealkylation sites (tertiary alicyclic amines) is 1. The molecule has 7 rings (SSSR count). The van der Waals surface area contributed by atoms with E-state index in [0.29, 0.717) is 11.5 Å². The van der Waals surface area contributed by atoms with Gasteiger partial charge in [0.05, 0.1) is 0 Å². The number of aromatic nitrogens is 3. The zero-order valence-corrected chi connectivity index (χ0v) is 17.5. The molecular formula is C24H31N5. The fraction of sp³-hybridized carbons (Fsp3) is 0.625. The fourth-order valence-corrected chi connectivity index (χ4v) is 5.47. The molecule has 1 unspecified atom stereocenters. The lowest BCUT2D eigenvalue weighted by Crippen LogP contribution is -2.42. The van der Waals surface area contributed by atoms with E-state index in [4.69, 9.17) is 15.0 Å². The maximum Gasteiger partial charge on any atom is 0.226 e. The standard InChI is InChI=1S/C24H31N5/c1-2-29-15-3-4-19(16-29)25-22-27-20-17-5-7-18(8-6-17)23(9-10-23)11-12-24(13-14-24)21(26-20)28-22/h5-8,19H,2-4,9-16H2,1H3,(H,25,26,27,28). The first-order valence-electron chi connectivity index (χ1n) is 11.5. The van der Waals surface area contributed by atoms with Gasteiger partial charge in [0.25, 0.3) is 0 Å². The lowest BCUT2D eigenvalue weighted by Gasteiger charge is -2.32. The van der Waals surface area contributed by atoms with Crippen molar-refractivity contribution in [3.63, 3.8) is 0 Å². The van der Waals surface area contributed by atoms with E-state index in [1.54, 1.807) is 0 Å². The second-order valence-electron chi connectivity index (χ2n) is 9.82. The van der Waals surface area contributed by atoms with Crippen LogP contribution in [-0.2, 0) is 10.8 Å². The molecule has 3 aliphatic heterocycles. The summed E-state index contributed by atoms with van der Waals surface area (Å²) in [5.41, 5.74) is 3.25. The third kappa shape index (κ3) is 3.14. The largest absolute Gasteiger partial charge is 0.350 e. The maximum absolute atomic E-state index is 5.00. The Balaban J connectivity index is 1.37. The minimum Gasteiger partial charge on any atom is -0.350 e. The van der Waals surface area contributed by atoms with Gasteiger partial charge in [0.2, 0.25) is 5.95 Å². The molecule has 0 radical (unpaired) electrons. The highest BCUT2D eigenvalue weighted by Crippen LogP contribution is 2.58. The molecule has 2 saturated carbocycles. The molecule has 3 fully saturated rings. The molecule has 2 spiro atoms. The van der Waals surface area contributed by atoms with Crippen molar-refractivity contribution < 1.29 is 0 Å². The van der Waals surface area contributed by atoms with E-state index in [1.807, 2.05) is 0 Å². The number of piperidine rings is 1. The summed E-state index contributed by atoms with van der Waals surface area (Å²) in [6, 6.07) is 9.52. The van der Waals surface area contributed by atoms with Crippen LogP contribution >= 0.6 is 0 Å². The molecule has 2 aliphatic carbocycles. The summed E-state index contributed by atoms with van der Waals surface area (Å²) in [6.07, 6.45) is 10.0. The van der Waals surface area contributed by atoms with Crippen molar-refractivity contribution >= 4 is 5.95 Å². The second kappa shape index (κ2) is 6.49. The van der Waals surface area contributed by atoms with Crippen molar-refractivity contribution in [1.29, 1.82) is 0 Å². The van der Waals surface area contributed by atoms with Crippen LogP contribution in [0.15, 0.2) is 24.3 Å². The summed E-state index contributed by atoms with van der Waals surface area (Å²) in [4.78, 5) is 17.4. The molecule has 1 aromatic carbocycles. The number of hydrogen-bond acceptors (Lipinski definition) is 5. The number of nitrogens with one attached hydrogen (secondary N) is 1. The molecule has 1 aromatic heterocycles. The maximum atomic E-state index is 5.00. The molecule has 1 atom stereocenters. The highest BCUT2D eigenvalue weighted by molar-refractivity contribution is 5.58. The molecule has 152 valence electrons. The summed E-state index contributed by atoms with van der Waals surface area (Å²) >= 11 is 0. The minimum absolute atomic E-state index is 0.191. The van der Waals surface area contributed by atoms with Gasteiger partial charge in [0.1, 0.15) is 5.82 Å². The monoisotopic (exact) mass is 389 g/mol. The summed E-state index contributed by atoms with van der Waals surface area (Å²) in [7, 11) is 0. The van der Waals surface area contributed by atoms with E-state index >= 15 is 0 Å². The van der Waals surface area contributed by atoms with Gasteiger partial charge < -0.3 is 10.2 Å². The first-order valence-corrected chi connectivity index (χ1v) is 11.5. The van der Waals surface area contributed by atoms with Crippen molar-refractivity contribution in [2.45, 2.75) is 75.2 Å². The molecule has 4 heterocycles. The Morgan fingerprint density at radius 1 is 0.966 bits per heavy atom. The Hall–Kier alpha value is -2.01. The highest BCUT2D eigenvalue weighted by atomic mass is 15.2. The Bertz CT molecular complexity index is 913. The van der Waals surface area contributed by atoms with Crippen LogP contribution in [0.1, 0.15) is 69.7 Å². The van der Waals surface area contributed by atoms with Crippen LogP contribution in [0.25, 0.3) is 11.4 Å². The Labute approximate surface area is 173 Å². The third-order valence-corrected chi connectivity index (χ3v) is 7.94. The number of fused-ring (bicyclic) bond motifs is 3. The summed E-state index contributed by atoms with van der Waals surface area (Å²) in [6.45, 7) is 5.65. The van der Waals surface area contributed by atoms with Crippen molar-refractivity contribution in [1.82, 2.24) is 19.9 Å². The average molecular weight is 390 g/mol. The Morgan fingerprint density at radius 2 is 1.69 bits per heavy atom. The van der Waals surface area contributed by atoms with Gasteiger partial charge in [-0.15, -0.1) is 0 Å². The van der Waals surface area contributed by atoms with Gasteiger partial charge in [-0.1, -0.05) is 31.2 Å². The van der Waals surface area contributed by atoms with E-state index < -0.39 is 0 Å². The highest BCUT2D eigenvalue weighted by Gasteiger charge is 2.52. The molecule has 5 heteroatoms. The van der Waals surface area contributed by atoms with Gasteiger partial charge in [-0.2, -0.15) is 9.97 Å². The van der Waals surface area contributed by atoms with E-state index in [1.165, 1.54) is 63.5 Å². The zero-order valence-electron chi connectivity index (χ0n) is 17.5. The van der Waals surface area contributed by atoms with Crippen LogP contribution in [0.2, 0.25) is 0 Å². The molecule has 5 nitrogen and oxygen atoms in total. The van der Waals surface area contributed by atoms with Crippen LogP contribution < -0.4 is 5.32 Å². The number of hydrogen-bond donors (Lipinski definition) is 1. The van der Waals surface area contributed by atoms with Crippen LogP contribution in [0.4, 0.5) is 5.95 Å². The number of rotatable bonds is 3. The minimum atomic E-state index is 0.191. The Kier molecular flexibility index (Phi) is 3.99. The third-order valence-electron chi connectivity index (χ3n) is 7.94. The van der Waals surface area contributed by atoms with Crippen LogP contribution in [0.3, 0.4) is 0 Å². The quantitative estimate of drug-likeness (QED) is 0.849. The van der Waals surface area contributed by atoms with Crippen LogP contribution in [0.5, 0.6) is 0 Å². The molecule has 0 amide bonds. The van der Waals surface area contributed by atoms with Crippen LogP contribution in [-0.4, -0.2) is 45.5 Å². The van der Waals surface area contributed by atoms with Gasteiger partial charge >= 0.3 is 0 Å². The second-order valence-corrected chi connectivity index (χ2v) is 9.82.